The summed E-state index contributed by atoms with van der Waals surface area (Å²) in [4.78, 5) is 15.5. The van der Waals surface area contributed by atoms with Crippen molar-refractivity contribution < 1.29 is 14.3 Å². The van der Waals surface area contributed by atoms with E-state index in [0.717, 1.165) is 11.8 Å². The van der Waals surface area contributed by atoms with Crippen LogP contribution in [0.3, 0.4) is 0 Å². The summed E-state index contributed by atoms with van der Waals surface area (Å²) < 4.78 is 14.0. The van der Waals surface area contributed by atoms with Crippen molar-refractivity contribution in [2.45, 2.75) is 12.2 Å². The molecule has 0 saturated heterocycles. The molecule has 0 aliphatic carbocycles. The molecule has 0 bridgehead atoms. The lowest BCUT2D eigenvalue weighted by molar-refractivity contribution is -0.136. The van der Waals surface area contributed by atoms with Gasteiger partial charge in [-0.1, -0.05) is 30.8 Å². The molecule has 0 heterocycles. The van der Waals surface area contributed by atoms with Gasteiger partial charge in [0.2, 0.25) is 0 Å². The first-order chi connectivity index (χ1) is 10.9. The standard InChI is InChI=1S/C18H16FNO2S/c1-11(23-12(2)18(21)22)15-10-13(8-9-17(15)20-3)14-6-4-5-7-16(14)19/h4-10,12H,1,3H2,2H3,(H,21,22). The summed E-state index contributed by atoms with van der Waals surface area (Å²) in [7, 11) is 0. The number of thioether (sulfide) groups is 1. The van der Waals surface area contributed by atoms with Crippen LogP contribution >= 0.6 is 11.8 Å². The largest absolute Gasteiger partial charge is 0.480 e. The maximum atomic E-state index is 14.0. The molecule has 0 spiro atoms. The van der Waals surface area contributed by atoms with E-state index in [9.17, 15) is 9.18 Å². The van der Waals surface area contributed by atoms with Crippen molar-refractivity contribution in [3.63, 3.8) is 0 Å². The van der Waals surface area contributed by atoms with Crippen LogP contribution in [-0.2, 0) is 4.79 Å². The Morgan fingerprint density at radius 3 is 2.61 bits per heavy atom. The summed E-state index contributed by atoms with van der Waals surface area (Å²) in [5.41, 5.74) is 2.38. The second kappa shape index (κ2) is 7.24. The lowest BCUT2D eigenvalue weighted by Gasteiger charge is -2.13. The lowest BCUT2D eigenvalue weighted by atomic mass is 10.0. The molecular formula is C18H16FNO2S. The topological polar surface area (TPSA) is 49.7 Å². The number of benzene rings is 2. The zero-order valence-electron chi connectivity index (χ0n) is 12.6. The van der Waals surface area contributed by atoms with E-state index in [1.165, 1.54) is 6.07 Å². The van der Waals surface area contributed by atoms with E-state index in [0.29, 0.717) is 27.3 Å². The van der Waals surface area contributed by atoms with Gasteiger partial charge in [0.25, 0.3) is 0 Å². The van der Waals surface area contributed by atoms with Gasteiger partial charge in [-0.15, -0.1) is 11.8 Å². The number of hydrogen-bond donors (Lipinski definition) is 1. The Morgan fingerprint density at radius 1 is 1.30 bits per heavy atom. The average molecular weight is 329 g/mol. The van der Waals surface area contributed by atoms with Crippen molar-refractivity contribution in [2.24, 2.45) is 4.99 Å². The molecule has 0 aliphatic heterocycles. The maximum absolute atomic E-state index is 14.0. The van der Waals surface area contributed by atoms with E-state index in [1.807, 2.05) is 0 Å². The van der Waals surface area contributed by atoms with Gasteiger partial charge in [0.1, 0.15) is 11.1 Å². The highest BCUT2D eigenvalue weighted by Gasteiger charge is 2.17. The molecule has 0 fully saturated rings. The van der Waals surface area contributed by atoms with Gasteiger partial charge in [-0.05, 0) is 37.4 Å². The number of nitrogens with zero attached hydrogens (tertiary/aromatic N) is 1. The number of hydrogen-bond acceptors (Lipinski definition) is 3. The van der Waals surface area contributed by atoms with Crippen LogP contribution in [0.1, 0.15) is 12.5 Å². The second-order valence-electron chi connectivity index (χ2n) is 4.89. The summed E-state index contributed by atoms with van der Waals surface area (Å²) in [5, 5.41) is 8.38. The number of aliphatic imine (C=N–C) groups is 1. The van der Waals surface area contributed by atoms with E-state index in [1.54, 1.807) is 43.3 Å². The number of rotatable bonds is 6. The minimum atomic E-state index is -0.922. The van der Waals surface area contributed by atoms with Crippen LogP contribution < -0.4 is 0 Å². The van der Waals surface area contributed by atoms with E-state index in [-0.39, 0.29) is 5.82 Å². The molecule has 1 unspecified atom stereocenters. The third-order valence-corrected chi connectivity index (χ3v) is 4.38. The molecule has 0 amide bonds. The minimum absolute atomic E-state index is 0.324. The first-order valence-corrected chi connectivity index (χ1v) is 7.76. The van der Waals surface area contributed by atoms with Crippen molar-refractivity contribution in [3.05, 3.63) is 60.4 Å². The van der Waals surface area contributed by atoms with Crippen molar-refractivity contribution in [1.29, 1.82) is 0 Å². The number of carboxylic acid groups (broad SMARTS) is 1. The van der Waals surface area contributed by atoms with Crippen LogP contribution in [-0.4, -0.2) is 23.0 Å². The van der Waals surface area contributed by atoms with Crippen LogP contribution in [0.25, 0.3) is 16.0 Å². The Kier molecular flexibility index (Phi) is 5.34. The molecule has 2 rings (SSSR count). The van der Waals surface area contributed by atoms with Gasteiger partial charge in [0.15, 0.2) is 0 Å². The summed E-state index contributed by atoms with van der Waals surface area (Å²) >= 11 is 1.12. The summed E-state index contributed by atoms with van der Waals surface area (Å²) in [5.74, 6) is -1.25. The fourth-order valence-corrected chi connectivity index (χ4v) is 2.91. The maximum Gasteiger partial charge on any atom is 0.316 e. The van der Waals surface area contributed by atoms with Crippen molar-refractivity contribution in [3.8, 4) is 11.1 Å². The van der Waals surface area contributed by atoms with Gasteiger partial charge in [-0.2, -0.15) is 0 Å². The van der Waals surface area contributed by atoms with E-state index < -0.39 is 11.2 Å². The van der Waals surface area contributed by atoms with Crippen molar-refractivity contribution in [2.75, 3.05) is 0 Å². The highest BCUT2D eigenvalue weighted by molar-refractivity contribution is 8.09. The zero-order chi connectivity index (χ0) is 17.0. The van der Waals surface area contributed by atoms with Crippen LogP contribution in [0.15, 0.2) is 54.0 Å². The minimum Gasteiger partial charge on any atom is -0.480 e. The molecule has 2 aromatic carbocycles. The molecule has 118 valence electrons. The Morgan fingerprint density at radius 2 is 2.00 bits per heavy atom. The highest BCUT2D eigenvalue weighted by Crippen LogP contribution is 2.38. The van der Waals surface area contributed by atoms with Crippen molar-refractivity contribution >= 4 is 35.0 Å². The molecule has 1 N–H and O–H groups in total. The molecule has 0 saturated carbocycles. The molecule has 1 atom stereocenters. The van der Waals surface area contributed by atoms with Gasteiger partial charge in [0, 0.05) is 16.0 Å². The van der Waals surface area contributed by atoms with Crippen molar-refractivity contribution in [1.82, 2.24) is 0 Å². The van der Waals surface area contributed by atoms with E-state index >= 15 is 0 Å². The molecular weight excluding hydrogens is 313 g/mol. The fourth-order valence-electron chi connectivity index (χ4n) is 2.09. The third-order valence-electron chi connectivity index (χ3n) is 3.32. The van der Waals surface area contributed by atoms with Gasteiger partial charge in [-0.3, -0.25) is 9.79 Å². The van der Waals surface area contributed by atoms with Gasteiger partial charge >= 0.3 is 5.97 Å². The number of aliphatic carboxylic acids is 1. The number of halogens is 1. The first kappa shape index (κ1) is 17.0. The second-order valence-corrected chi connectivity index (χ2v) is 6.33. The summed E-state index contributed by atoms with van der Waals surface area (Å²) in [6.07, 6.45) is 0. The lowest BCUT2D eigenvalue weighted by Crippen LogP contribution is -2.11. The molecule has 23 heavy (non-hydrogen) atoms. The smallest absolute Gasteiger partial charge is 0.316 e. The van der Waals surface area contributed by atoms with Crippen LogP contribution in [0, 0.1) is 5.82 Å². The highest BCUT2D eigenvalue weighted by atomic mass is 32.2. The average Bonchev–Trinajstić information content (AvgIpc) is 2.54. The van der Waals surface area contributed by atoms with Gasteiger partial charge < -0.3 is 5.11 Å². The quantitative estimate of drug-likeness (QED) is 0.759. The molecule has 0 aliphatic rings. The molecule has 0 radical (unpaired) electrons. The predicted octanol–water partition coefficient (Wildman–Crippen LogP) is 5.00. The summed E-state index contributed by atoms with van der Waals surface area (Å²) in [6, 6.07) is 11.7. The third kappa shape index (κ3) is 3.87. The van der Waals surface area contributed by atoms with Crippen LogP contribution in [0.4, 0.5) is 10.1 Å². The van der Waals surface area contributed by atoms with E-state index in [2.05, 4.69) is 18.3 Å². The Hall–Kier alpha value is -2.40. The molecule has 5 heteroatoms. The SMILES string of the molecule is C=Nc1ccc(-c2ccccc2F)cc1C(=C)SC(C)C(=O)O. The van der Waals surface area contributed by atoms with E-state index in [4.69, 9.17) is 5.11 Å². The van der Waals surface area contributed by atoms with Crippen LogP contribution in [0.2, 0.25) is 0 Å². The molecule has 0 aromatic heterocycles. The van der Waals surface area contributed by atoms with Crippen LogP contribution in [0.5, 0.6) is 0 Å². The number of carbonyl (C=O) groups is 1. The summed E-state index contributed by atoms with van der Waals surface area (Å²) in [6.45, 7) is 9.03. The van der Waals surface area contributed by atoms with Gasteiger partial charge in [0.05, 0.1) is 5.69 Å². The Bertz CT molecular complexity index is 773. The fraction of sp³-hybridized carbons (Fsp3) is 0.111. The molecule has 2 aromatic rings. The molecule has 3 nitrogen and oxygen atoms in total. The first-order valence-electron chi connectivity index (χ1n) is 6.88. The normalized spacial score (nSPS) is 11.7. The predicted molar refractivity (Wildman–Crippen MR) is 94.8 cm³/mol. The monoisotopic (exact) mass is 329 g/mol. The Balaban J connectivity index is 2.44. The number of carboxylic acids is 1. The van der Waals surface area contributed by atoms with Gasteiger partial charge in [-0.25, -0.2) is 4.39 Å². The Labute approximate surface area is 138 Å². The zero-order valence-corrected chi connectivity index (χ0v) is 13.4.